The molecule has 0 atom stereocenters. The van der Waals surface area contributed by atoms with E-state index in [2.05, 4.69) is 0 Å². The molecule has 5 nitrogen and oxygen atoms in total. The van der Waals surface area contributed by atoms with Crippen LogP contribution in [-0.2, 0) is 27.5 Å². The lowest BCUT2D eigenvalue weighted by Crippen LogP contribution is -2.34. The molecule has 0 bridgehead atoms. The van der Waals surface area contributed by atoms with Crippen LogP contribution in [0.5, 0.6) is 0 Å². The van der Waals surface area contributed by atoms with E-state index < -0.39 is 5.97 Å². The predicted octanol–water partition coefficient (Wildman–Crippen LogP) is 3.10. The van der Waals surface area contributed by atoms with E-state index in [-0.39, 0.29) is 18.9 Å². The number of amides is 1. The summed E-state index contributed by atoms with van der Waals surface area (Å²) in [6.45, 7) is 1.21. The van der Waals surface area contributed by atoms with Gasteiger partial charge in [0.25, 0.3) is 0 Å². The summed E-state index contributed by atoms with van der Waals surface area (Å²) in [5.41, 5.74) is 2.02. The summed E-state index contributed by atoms with van der Waals surface area (Å²) in [5, 5.41) is 8.79. The van der Waals surface area contributed by atoms with Gasteiger partial charge in [0.15, 0.2) is 0 Å². The number of hydrogen-bond acceptors (Lipinski definition) is 3. The van der Waals surface area contributed by atoms with Crippen LogP contribution in [0.2, 0.25) is 0 Å². The largest absolute Gasteiger partial charge is 0.481 e. The molecule has 132 valence electrons. The van der Waals surface area contributed by atoms with Crippen molar-refractivity contribution >= 4 is 11.9 Å². The molecule has 1 amide bonds. The molecule has 0 aliphatic rings. The molecule has 2 aromatic carbocycles. The van der Waals surface area contributed by atoms with Crippen molar-refractivity contribution in [3.63, 3.8) is 0 Å². The molecule has 0 heterocycles. The second-order valence-corrected chi connectivity index (χ2v) is 5.78. The zero-order valence-electron chi connectivity index (χ0n) is 14.1. The van der Waals surface area contributed by atoms with Crippen molar-refractivity contribution in [3.8, 4) is 0 Å². The zero-order chi connectivity index (χ0) is 17.9. The number of carbonyl (C=O) groups excluding carboxylic acids is 1. The first-order valence-electron chi connectivity index (χ1n) is 8.30. The number of hydrogen-bond donors (Lipinski definition) is 1. The summed E-state index contributed by atoms with van der Waals surface area (Å²) in [5.74, 6) is -0.988. The minimum absolute atomic E-state index is 0.0190. The van der Waals surface area contributed by atoms with E-state index in [1.165, 1.54) is 0 Å². The molecule has 2 rings (SSSR count). The molecule has 25 heavy (non-hydrogen) atoms. The van der Waals surface area contributed by atoms with Crippen LogP contribution < -0.4 is 0 Å². The average Bonchev–Trinajstić information content (AvgIpc) is 2.62. The van der Waals surface area contributed by atoms with Crippen molar-refractivity contribution in [3.05, 3.63) is 71.8 Å². The number of benzene rings is 2. The first kappa shape index (κ1) is 18.7. The van der Waals surface area contributed by atoms with Crippen LogP contribution in [0.25, 0.3) is 0 Å². The highest BCUT2D eigenvalue weighted by Crippen LogP contribution is 2.08. The molecule has 0 aliphatic heterocycles. The third-order valence-electron chi connectivity index (χ3n) is 3.72. The molecule has 5 heteroatoms. The molecule has 0 saturated heterocycles. The Morgan fingerprint density at radius 3 is 2.12 bits per heavy atom. The fourth-order valence-corrected chi connectivity index (χ4v) is 2.44. The molecule has 0 saturated carbocycles. The lowest BCUT2D eigenvalue weighted by Gasteiger charge is -2.22. The number of nitrogens with zero attached hydrogens (tertiary/aromatic N) is 1. The fourth-order valence-electron chi connectivity index (χ4n) is 2.44. The van der Waals surface area contributed by atoms with E-state index in [9.17, 15) is 9.59 Å². The van der Waals surface area contributed by atoms with Crippen molar-refractivity contribution < 1.29 is 19.4 Å². The van der Waals surface area contributed by atoms with Gasteiger partial charge in [0, 0.05) is 19.5 Å². The van der Waals surface area contributed by atoms with Gasteiger partial charge in [-0.3, -0.25) is 9.59 Å². The van der Waals surface area contributed by atoms with E-state index in [1.807, 2.05) is 60.7 Å². The number of rotatable bonds is 10. The van der Waals surface area contributed by atoms with Gasteiger partial charge in [0.05, 0.1) is 6.61 Å². The second-order valence-electron chi connectivity index (χ2n) is 5.78. The predicted molar refractivity (Wildman–Crippen MR) is 94.8 cm³/mol. The van der Waals surface area contributed by atoms with E-state index in [0.717, 1.165) is 11.1 Å². The lowest BCUT2D eigenvalue weighted by atomic mass is 10.2. The number of ether oxygens (including phenoxy) is 1. The van der Waals surface area contributed by atoms with Gasteiger partial charge in [-0.1, -0.05) is 60.7 Å². The van der Waals surface area contributed by atoms with Crippen molar-refractivity contribution in [2.75, 3.05) is 13.2 Å². The molecular formula is C20H23NO4. The van der Waals surface area contributed by atoms with E-state index >= 15 is 0 Å². The number of carboxylic acid groups (broad SMARTS) is 1. The first-order valence-corrected chi connectivity index (χ1v) is 8.30. The highest BCUT2D eigenvalue weighted by molar-refractivity contribution is 5.77. The first-order chi connectivity index (χ1) is 12.1. The smallest absolute Gasteiger partial charge is 0.303 e. The third kappa shape index (κ3) is 7.18. The molecule has 0 unspecified atom stereocenters. The topological polar surface area (TPSA) is 66.8 Å². The number of carboxylic acids is 1. The highest BCUT2D eigenvalue weighted by atomic mass is 16.5. The normalized spacial score (nSPS) is 10.4. The van der Waals surface area contributed by atoms with Gasteiger partial charge in [-0.15, -0.1) is 0 Å². The summed E-state index contributed by atoms with van der Waals surface area (Å²) in [4.78, 5) is 24.8. The van der Waals surface area contributed by atoms with Gasteiger partial charge in [0.2, 0.25) is 5.91 Å². The van der Waals surface area contributed by atoms with Crippen molar-refractivity contribution in [2.45, 2.75) is 26.0 Å². The van der Waals surface area contributed by atoms with Gasteiger partial charge in [-0.2, -0.15) is 0 Å². The SMILES string of the molecule is O=C(O)CCCN(Cc1ccccc1)C(=O)COCc1ccccc1. The van der Waals surface area contributed by atoms with Crippen LogP contribution in [0.4, 0.5) is 0 Å². The maximum absolute atomic E-state index is 12.5. The Morgan fingerprint density at radius 2 is 1.52 bits per heavy atom. The molecule has 2 aromatic rings. The van der Waals surface area contributed by atoms with Crippen LogP contribution in [-0.4, -0.2) is 35.0 Å². The second kappa shape index (κ2) is 10.3. The Bertz CT molecular complexity index is 658. The van der Waals surface area contributed by atoms with Gasteiger partial charge in [-0.25, -0.2) is 0 Å². The van der Waals surface area contributed by atoms with Gasteiger partial charge >= 0.3 is 5.97 Å². The minimum atomic E-state index is -0.854. The Balaban J connectivity index is 1.88. The minimum Gasteiger partial charge on any atom is -0.481 e. The quantitative estimate of drug-likeness (QED) is 0.721. The van der Waals surface area contributed by atoms with Gasteiger partial charge in [0.1, 0.15) is 6.61 Å². The fraction of sp³-hybridized carbons (Fsp3) is 0.300. The number of aliphatic carboxylic acids is 1. The monoisotopic (exact) mass is 341 g/mol. The molecule has 0 radical (unpaired) electrons. The summed E-state index contributed by atoms with van der Waals surface area (Å²) in [6.07, 6.45) is 0.468. The van der Waals surface area contributed by atoms with E-state index in [1.54, 1.807) is 4.90 Å². The maximum Gasteiger partial charge on any atom is 0.303 e. The molecule has 0 aliphatic carbocycles. The molecule has 1 N–H and O–H groups in total. The zero-order valence-corrected chi connectivity index (χ0v) is 14.1. The Kier molecular flexibility index (Phi) is 7.66. The Hall–Kier alpha value is -2.66. The summed E-state index contributed by atoms with van der Waals surface area (Å²) in [7, 11) is 0. The van der Waals surface area contributed by atoms with Gasteiger partial charge in [-0.05, 0) is 17.5 Å². The molecule has 0 fully saturated rings. The molecular weight excluding hydrogens is 318 g/mol. The van der Waals surface area contributed by atoms with Crippen LogP contribution in [0, 0.1) is 0 Å². The van der Waals surface area contributed by atoms with Gasteiger partial charge < -0.3 is 14.7 Å². The maximum atomic E-state index is 12.5. The van der Waals surface area contributed by atoms with E-state index in [4.69, 9.17) is 9.84 Å². The van der Waals surface area contributed by atoms with Crippen molar-refractivity contribution in [1.29, 1.82) is 0 Å². The Labute approximate surface area is 147 Å². The average molecular weight is 341 g/mol. The summed E-state index contributed by atoms with van der Waals surface area (Å²) in [6, 6.07) is 19.3. The Morgan fingerprint density at radius 1 is 0.920 bits per heavy atom. The molecule has 0 aromatic heterocycles. The standard InChI is InChI=1S/C20H23NO4/c22-19(16-25-15-18-10-5-2-6-11-18)21(13-7-12-20(23)24)14-17-8-3-1-4-9-17/h1-6,8-11H,7,12-16H2,(H,23,24). The molecule has 0 spiro atoms. The lowest BCUT2D eigenvalue weighted by molar-refractivity contribution is -0.140. The number of carbonyl (C=O) groups is 2. The van der Waals surface area contributed by atoms with Crippen LogP contribution in [0.1, 0.15) is 24.0 Å². The van der Waals surface area contributed by atoms with E-state index in [0.29, 0.717) is 26.1 Å². The van der Waals surface area contributed by atoms with Crippen LogP contribution in [0.15, 0.2) is 60.7 Å². The van der Waals surface area contributed by atoms with Crippen LogP contribution in [0.3, 0.4) is 0 Å². The third-order valence-corrected chi connectivity index (χ3v) is 3.72. The summed E-state index contributed by atoms with van der Waals surface area (Å²) < 4.78 is 5.52. The highest BCUT2D eigenvalue weighted by Gasteiger charge is 2.14. The van der Waals surface area contributed by atoms with Crippen LogP contribution >= 0.6 is 0 Å². The van der Waals surface area contributed by atoms with Crippen molar-refractivity contribution in [1.82, 2.24) is 4.90 Å². The van der Waals surface area contributed by atoms with Crippen molar-refractivity contribution in [2.24, 2.45) is 0 Å². The summed E-state index contributed by atoms with van der Waals surface area (Å²) >= 11 is 0.